The lowest BCUT2D eigenvalue weighted by Gasteiger charge is -2.31. The normalized spacial score (nSPS) is 14.9. The first-order valence-electron chi connectivity index (χ1n) is 13.6. The summed E-state index contributed by atoms with van der Waals surface area (Å²) in [6.45, 7) is 9.72. The molecule has 0 saturated heterocycles. The Morgan fingerprint density at radius 2 is 1.75 bits per heavy atom. The predicted octanol–water partition coefficient (Wildman–Crippen LogP) is 5.86. The van der Waals surface area contributed by atoms with E-state index in [9.17, 15) is 14.7 Å². The van der Waals surface area contributed by atoms with Gasteiger partial charge < -0.3 is 25.5 Å². The highest BCUT2D eigenvalue weighted by Gasteiger charge is 2.39. The molecular formula is C29H47N3O4. The van der Waals surface area contributed by atoms with Gasteiger partial charge in [0.15, 0.2) is 5.60 Å². The molecule has 1 heterocycles. The summed E-state index contributed by atoms with van der Waals surface area (Å²) < 4.78 is 5.84. The fraction of sp³-hybridized carbons (Fsp3) is 0.655. The van der Waals surface area contributed by atoms with Gasteiger partial charge in [0, 0.05) is 29.6 Å². The highest BCUT2D eigenvalue weighted by Crippen LogP contribution is 2.26. The molecule has 7 heteroatoms. The van der Waals surface area contributed by atoms with Gasteiger partial charge in [-0.25, -0.2) is 4.79 Å². The monoisotopic (exact) mass is 501 g/mol. The van der Waals surface area contributed by atoms with Gasteiger partial charge in [-0.2, -0.15) is 0 Å². The van der Waals surface area contributed by atoms with Crippen molar-refractivity contribution in [3.63, 3.8) is 0 Å². The molecule has 0 unspecified atom stereocenters. The number of carbonyl (C=O) groups excluding carboxylic acids is 2. The van der Waals surface area contributed by atoms with Crippen molar-refractivity contribution in [2.45, 2.75) is 110 Å². The van der Waals surface area contributed by atoms with Gasteiger partial charge in [-0.3, -0.25) is 4.79 Å². The van der Waals surface area contributed by atoms with Crippen molar-refractivity contribution in [1.29, 1.82) is 0 Å². The summed E-state index contributed by atoms with van der Waals surface area (Å²) >= 11 is 0. The molecule has 0 aliphatic carbocycles. The maximum absolute atomic E-state index is 13.5. The van der Waals surface area contributed by atoms with Crippen LogP contribution >= 0.6 is 0 Å². The number of fused-ring (bicyclic) bond motifs is 1. The van der Waals surface area contributed by atoms with Crippen molar-refractivity contribution < 1.29 is 19.4 Å². The summed E-state index contributed by atoms with van der Waals surface area (Å²) in [6, 6.07) is 7.39. The Hall–Kier alpha value is -2.54. The first kappa shape index (κ1) is 29.7. The number of unbranched alkanes of at least 4 members (excludes halogenated alkanes) is 5. The second-order valence-electron chi connectivity index (χ2n) is 10.7. The van der Waals surface area contributed by atoms with Gasteiger partial charge >= 0.3 is 6.09 Å². The van der Waals surface area contributed by atoms with E-state index in [-0.39, 0.29) is 19.1 Å². The largest absolute Gasteiger partial charge is 0.433 e. The molecule has 36 heavy (non-hydrogen) atoms. The fourth-order valence-electron chi connectivity index (χ4n) is 4.63. The minimum absolute atomic E-state index is 0.0461. The molecule has 0 spiro atoms. The number of amides is 2. The van der Waals surface area contributed by atoms with E-state index >= 15 is 0 Å². The number of aromatic nitrogens is 1. The van der Waals surface area contributed by atoms with Crippen LogP contribution in [-0.4, -0.2) is 46.4 Å². The van der Waals surface area contributed by atoms with Crippen LogP contribution in [0.5, 0.6) is 0 Å². The molecular weight excluding hydrogens is 454 g/mol. The molecule has 1 aromatic heterocycles. The standard InChI is InChI=1S/C29H47N3O4/c1-6-7-8-9-10-11-14-22(4)31-28(35)36-29(5,27(34)32-24(20-33)17-21(2)3)18-23-19-30-26-16-13-12-15-25(23)26/h12-13,15-16,19,21-22,24,30,33H,6-11,14,17-18,20H2,1-5H3,(H,31,35)(H,32,34)/t22-,24+,29-/m1/s1. The van der Waals surface area contributed by atoms with E-state index in [0.717, 1.165) is 35.7 Å². The number of para-hydroxylation sites is 1. The summed E-state index contributed by atoms with van der Waals surface area (Å²) in [5, 5.41) is 16.6. The molecule has 0 radical (unpaired) electrons. The van der Waals surface area contributed by atoms with Gasteiger partial charge in [0.25, 0.3) is 5.91 Å². The SMILES string of the molecule is CCCCCCCC[C@@H](C)NC(=O)O[C@](C)(Cc1c[nH]c2ccccc12)C(=O)N[C@H](CO)CC(C)C. The van der Waals surface area contributed by atoms with Crippen LogP contribution in [0.2, 0.25) is 0 Å². The lowest BCUT2D eigenvalue weighted by atomic mass is 9.94. The van der Waals surface area contributed by atoms with Gasteiger partial charge in [-0.1, -0.05) is 77.5 Å². The van der Waals surface area contributed by atoms with Crippen LogP contribution in [0.3, 0.4) is 0 Å². The average Bonchev–Trinajstić information content (AvgIpc) is 3.22. The van der Waals surface area contributed by atoms with Crippen molar-refractivity contribution in [3.8, 4) is 0 Å². The van der Waals surface area contributed by atoms with Crippen molar-refractivity contribution in [2.24, 2.45) is 5.92 Å². The van der Waals surface area contributed by atoms with Crippen LogP contribution in [0.4, 0.5) is 4.79 Å². The fourth-order valence-corrected chi connectivity index (χ4v) is 4.63. The number of aliphatic hydroxyl groups is 1. The molecule has 2 amide bonds. The van der Waals surface area contributed by atoms with E-state index in [4.69, 9.17) is 4.74 Å². The summed E-state index contributed by atoms with van der Waals surface area (Å²) in [5.74, 6) is -0.111. The highest BCUT2D eigenvalue weighted by molar-refractivity contribution is 5.90. The Kier molecular flexibility index (Phi) is 12.3. The van der Waals surface area contributed by atoms with Crippen molar-refractivity contribution >= 4 is 22.9 Å². The molecule has 7 nitrogen and oxygen atoms in total. The number of hydrogen-bond donors (Lipinski definition) is 4. The van der Waals surface area contributed by atoms with Crippen molar-refractivity contribution in [3.05, 3.63) is 36.0 Å². The third-order valence-electron chi connectivity index (χ3n) is 6.67. The molecule has 1 aromatic carbocycles. The molecule has 2 aromatic rings. The minimum Gasteiger partial charge on any atom is -0.433 e. The van der Waals surface area contributed by atoms with Gasteiger partial charge in [0.05, 0.1) is 12.6 Å². The van der Waals surface area contributed by atoms with Gasteiger partial charge in [0.1, 0.15) is 0 Å². The van der Waals surface area contributed by atoms with E-state index in [0.29, 0.717) is 12.3 Å². The Morgan fingerprint density at radius 1 is 1.06 bits per heavy atom. The van der Waals surface area contributed by atoms with Crippen LogP contribution in [0.1, 0.15) is 91.5 Å². The second kappa shape index (κ2) is 14.9. The van der Waals surface area contributed by atoms with Gasteiger partial charge in [-0.05, 0) is 44.2 Å². The quantitative estimate of drug-likeness (QED) is 0.216. The van der Waals surface area contributed by atoms with E-state index in [1.807, 2.05) is 51.2 Å². The van der Waals surface area contributed by atoms with E-state index in [1.54, 1.807) is 6.92 Å². The Balaban J connectivity index is 2.09. The number of nitrogens with one attached hydrogen (secondary N) is 3. The lowest BCUT2D eigenvalue weighted by molar-refractivity contribution is -0.139. The number of aliphatic hydroxyl groups excluding tert-OH is 1. The number of ether oxygens (including phenoxy) is 1. The smallest absolute Gasteiger partial charge is 0.408 e. The average molecular weight is 502 g/mol. The zero-order chi connectivity index (χ0) is 26.6. The summed E-state index contributed by atoms with van der Waals surface area (Å²) in [7, 11) is 0. The topological polar surface area (TPSA) is 103 Å². The maximum atomic E-state index is 13.5. The molecule has 0 bridgehead atoms. The maximum Gasteiger partial charge on any atom is 0.408 e. The molecule has 2 rings (SSSR count). The van der Waals surface area contributed by atoms with Crippen LogP contribution in [0.25, 0.3) is 10.9 Å². The van der Waals surface area contributed by atoms with Crippen LogP contribution in [0.15, 0.2) is 30.5 Å². The second-order valence-corrected chi connectivity index (χ2v) is 10.7. The van der Waals surface area contributed by atoms with Gasteiger partial charge in [-0.15, -0.1) is 0 Å². The minimum atomic E-state index is -1.45. The third-order valence-corrected chi connectivity index (χ3v) is 6.67. The van der Waals surface area contributed by atoms with E-state index in [2.05, 4.69) is 22.5 Å². The number of alkyl carbamates (subject to hydrolysis) is 1. The molecule has 0 aliphatic heterocycles. The zero-order valence-corrected chi connectivity index (χ0v) is 22.9. The number of benzene rings is 1. The number of carbonyl (C=O) groups is 2. The van der Waals surface area contributed by atoms with Crippen molar-refractivity contribution in [1.82, 2.24) is 15.6 Å². The van der Waals surface area contributed by atoms with Crippen molar-refractivity contribution in [2.75, 3.05) is 6.61 Å². The predicted molar refractivity (Wildman–Crippen MR) is 146 cm³/mol. The Labute approximate surface area is 216 Å². The molecule has 0 aliphatic rings. The molecule has 202 valence electrons. The van der Waals surface area contributed by atoms with E-state index in [1.165, 1.54) is 25.7 Å². The number of rotatable bonds is 16. The third kappa shape index (κ3) is 9.49. The number of hydrogen-bond acceptors (Lipinski definition) is 4. The lowest BCUT2D eigenvalue weighted by Crippen LogP contribution is -2.54. The molecule has 0 fully saturated rings. The van der Waals surface area contributed by atoms with E-state index < -0.39 is 23.6 Å². The summed E-state index contributed by atoms with van der Waals surface area (Å²) in [4.78, 5) is 29.6. The molecule has 0 saturated carbocycles. The first-order chi connectivity index (χ1) is 17.2. The Bertz CT molecular complexity index is 941. The van der Waals surface area contributed by atoms with Gasteiger partial charge in [0.2, 0.25) is 0 Å². The first-order valence-corrected chi connectivity index (χ1v) is 13.6. The summed E-state index contributed by atoms with van der Waals surface area (Å²) in [5.41, 5.74) is 0.403. The van der Waals surface area contributed by atoms with Crippen LogP contribution in [0, 0.1) is 5.92 Å². The van der Waals surface area contributed by atoms with Crippen LogP contribution < -0.4 is 10.6 Å². The zero-order valence-electron chi connectivity index (χ0n) is 22.9. The number of H-pyrrole nitrogens is 1. The Morgan fingerprint density at radius 3 is 2.44 bits per heavy atom. The number of aromatic amines is 1. The highest BCUT2D eigenvalue weighted by atomic mass is 16.6. The summed E-state index contributed by atoms with van der Waals surface area (Å²) in [6.07, 6.45) is 10.1. The van der Waals surface area contributed by atoms with Crippen LogP contribution in [-0.2, 0) is 16.0 Å². The molecule has 3 atom stereocenters. The molecule has 4 N–H and O–H groups in total.